The molecule has 0 amide bonds. The Bertz CT molecular complexity index is 301. The van der Waals surface area contributed by atoms with Gasteiger partial charge in [0, 0.05) is 38.3 Å². The number of rotatable bonds is 3. The van der Waals surface area contributed by atoms with Crippen molar-refractivity contribution < 1.29 is 0 Å². The van der Waals surface area contributed by atoms with E-state index in [1.807, 2.05) is 0 Å². The fourth-order valence-electron chi connectivity index (χ4n) is 4.68. The van der Waals surface area contributed by atoms with E-state index in [0.29, 0.717) is 6.04 Å². The second-order valence-electron chi connectivity index (χ2n) is 7.79. The average Bonchev–Trinajstić information content (AvgIpc) is 2.90. The van der Waals surface area contributed by atoms with Crippen LogP contribution < -0.4 is 5.32 Å². The first kappa shape index (κ1) is 14.8. The summed E-state index contributed by atoms with van der Waals surface area (Å²) in [5.74, 6) is 0. The molecule has 0 aromatic heterocycles. The zero-order valence-electron chi connectivity index (χ0n) is 13.5. The Balaban J connectivity index is 1.41. The summed E-state index contributed by atoms with van der Waals surface area (Å²) in [5, 5.41) is 3.88. The fraction of sp³-hybridized carbons (Fsp3) is 1.00. The van der Waals surface area contributed by atoms with Crippen LogP contribution in [0.25, 0.3) is 0 Å². The Hall–Kier alpha value is -0.120. The third-order valence-electron chi connectivity index (χ3n) is 6.33. The minimum absolute atomic E-state index is 0.705. The van der Waals surface area contributed by atoms with Crippen molar-refractivity contribution in [2.75, 3.05) is 40.3 Å². The van der Waals surface area contributed by atoms with E-state index < -0.39 is 0 Å². The third kappa shape index (κ3) is 3.37. The lowest BCUT2D eigenvalue weighted by Gasteiger charge is -2.41. The van der Waals surface area contributed by atoms with E-state index in [2.05, 4.69) is 29.2 Å². The number of hydrogen-bond acceptors (Lipinski definition) is 3. The molecule has 1 atom stereocenters. The van der Waals surface area contributed by atoms with Gasteiger partial charge in [0.2, 0.25) is 0 Å². The van der Waals surface area contributed by atoms with Gasteiger partial charge in [-0.25, -0.2) is 0 Å². The molecular formula is C17H33N3. The summed E-state index contributed by atoms with van der Waals surface area (Å²) in [7, 11) is 4.54. The van der Waals surface area contributed by atoms with Crippen LogP contribution in [0.2, 0.25) is 0 Å². The lowest BCUT2D eigenvalue weighted by Crippen LogP contribution is -2.55. The summed E-state index contributed by atoms with van der Waals surface area (Å²) >= 11 is 0. The molecule has 20 heavy (non-hydrogen) atoms. The monoisotopic (exact) mass is 279 g/mol. The highest BCUT2D eigenvalue weighted by Crippen LogP contribution is 2.48. The van der Waals surface area contributed by atoms with Gasteiger partial charge in [0.05, 0.1) is 0 Å². The molecule has 3 heteroatoms. The molecule has 1 heterocycles. The molecule has 0 radical (unpaired) electrons. The molecule has 0 aromatic rings. The zero-order valence-corrected chi connectivity index (χ0v) is 13.5. The van der Waals surface area contributed by atoms with Crippen LogP contribution in [0.4, 0.5) is 0 Å². The minimum Gasteiger partial charge on any atom is -0.312 e. The highest BCUT2D eigenvalue weighted by Gasteiger charge is 2.37. The lowest BCUT2D eigenvalue weighted by molar-refractivity contribution is 0.104. The van der Waals surface area contributed by atoms with Crippen LogP contribution in [-0.2, 0) is 0 Å². The second-order valence-corrected chi connectivity index (χ2v) is 7.79. The summed E-state index contributed by atoms with van der Waals surface area (Å²) in [6, 6.07) is 1.50. The number of likely N-dealkylation sites (N-methyl/N-ethyl adjacent to an activating group) is 2. The Morgan fingerprint density at radius 2 is 1.70 bits per heavy atom. The fourth-order valence-corrected chi connectivity index (χ4v) is 4.68. The van der Waals surface area contributed by atoms with E-state index >= 15 is 0 Å². The minimum atomic E-state index is 0.705. The van der Waals surface area contributed by atoms with Crippen LogP contribution in [0.1, 0.15) is 51.4 Å². The Labute approximate surface area is 125 Å². The summed E-state index contributed by atoms with van der Waals surface area (Å²) in [4.78, 5) is 5.01. The van der Waals surface area contributed by atoms with Crippen LogP contribution >= 0.6 is 0 Å². The largest absolute Gasteiger partial charge is 0.312 e. The van der Waals surface area contributed by atoms with Gasteiger partial charge in [-0.2, -0.15) is 0 Å². The van der Waals surface area contributed by atoms with E-state index in [1.165, 1.54) is 77.5 Å². The maximum Gasteiger partial charge on any atom is 0.0345 e. The molecular weight excluding hydrogens is 246 g/mol. The van der Waals surface area contributed by atoms with Gasteiger partial charge in [0.25, 0.3) is 0 Å². The van der Waals surface area contributed by atoms with Crippen LogP contribution in [-0.4, -0.2) is 62.2 Å². The van der Waals surface area contributed by atoms with Gasteiger partial charge in [-0.05, 0) is 58.0 Å². The Morgan fingerprint density at radius 3 is 2.40 bits per heavy atom. The van der Waals surface area contributed by atoms with Gasteiger partial charge in [0.15, 0.2) is 0 Å². The van der Waals surface area contributed by atoms with Crippen molar-refractivity contribution in [3.05, 3.63) is 0 Å². The first-order valence-corrected chi connectivity index (χ1v) is 8.79. The summed E-state index contributed by atoms with van der Waals surface area (Å²) in [6.45, 7) is 4.84. The van der Waals surface area contributed by atoms with E-state index in [-0.39, 0.29) is 0 Å². The van der Waals surface area contributed by atoms with Gasteiger partial charge < -0.3 is 10.2 Å². The molecule has 3 nitrogen and oxygen atoms in total. The summed E-state index contributed by atoms with van der Waals surface area (Å²) in [6.07, 6.45) is 11.9. The second kappa shape index (κ2) is 6.33. The smallest absolute Gasteiger partial charge is 0.0345 e. The summed E-state index contributed by atoms with van der Waals surface area (Å²) in [5.41, 5.74) is 0.778. The van der Waals surface area contributed by atoms with E-state index in [4.69, 9.17) is 0 Å². The van der Waals surface area contributed by atoms with E-state index in [9.17, 15) is 0 Å². The van der Waals surface area contributed by atoms with Gasteiger partial charge in [-0.3, -0.25) is 4.90 Å². The Kier molecular flexibility index (Phi) is 4.68. The van der Waals surface area contributed by atoms with Gasteiger partial charge in [0.1, 0.15) is 0 Å². The van der Waals surface area contributed by atoms with Crippen molar-refractivity contribution in [2.24, 2.45) is 5.41 Å². The van der Waals surface area contributed by atoms with E-state index in [1.54, 1.807) is 0 Å². The number of piperazine rings is 1. The molecule has 116 valence electrons. The number of hydrogen-bond donors (Lipinski definition) is 1. The number of nitrogens with zero attached hydrogens (tertiary/aromatic N) is 2. The van der Waals surface area contributed by atoms with Crippen LogP contribution in [0, 0.1) is 5.41 Å². The SMILES string of the molecule is CN1CCN(C)C(CNC2CCC3(CCCC3)CC2)C1. The van der Waals surface area contributed by atoms with Crippen molar-refractivity contribution in [1.29, 1.82) is 0 Å². The zero-order chi connectivity index (χ0) is 14.0. The molecule has 3 fully saturated rings. The maximum atomic E-state index is 3.88. The highest BCUT2D eigenvalue weighted by atomic mass is 15.3. The first-order valence-electron chi connectivity index (χ1n) is 8.79. The van der Waals surface area contributed by atoms with Crippen LogP contribution in [0.3, 0.4) is 0 Å². The molecule has 3 rings (SSSR count). The van der Waals surface area contributed by atoms with Crippen molar-refractivity contribution >= 4 is 0 Å². The van der Waals surface area contributed by atoms with Gasteiger partial charge in [-0.1, -0.05) is 12.8 Å². The van der Waals surface area contributed by atoms with Gasteiger partial charge in [-0.15, -0.1) is 0 Å². The quantitative estimate of drug-likeness (QED) is 0.855. The molecule has 1 aliphatic heterocycles. The molecule has 2 aliphatic carbocycles. The van der Waals surface area contributed by atoms with Crippen molar-refractivity contribution in [2.45, 2.75) is 63.5 Å². The predicted octanol–water partition coefficient (Wildman–Crippen LogP) is 2.32. The molecule has 1 N–H and O–H groups in total. The predicted molar refractivity (Wildman–Crippen MR) is 85.1 cm³/mol. The van der Waals surface area contributed by atoms with Gasteiger partial charge >= 0.3 is 0 Å². The third-order valence-corrected chi connectivity index (χ3v) is 6.33. The normalized spacial score (nSPS) is 33.0. The van der Waals surface area contributed by atoms with Crippen molar-refractivity contribution in [3.8, 4) is 0 Å². The van der Waals surface area contributed by atoms with E-state index in [0.717, 1.165) is 11.5 Å². The molecule has 1 unspecified atom stereocenters. The highest BCUT2D eigenvalue weighted by molar-refractivity contribution is 4.92. The number of nitrogens with one attached hydrogen (secondary N) is 1. The standard InChI is InChI=1S/C17H33N3/c1-19-11-12-20(2)16(14-19)13-18-15-5-9-17(10-6-15)7-3-4-8-17/h15-16,18H,3-14H2,1-2H3. The molecule has 1 spiro atoms. The topological polar surface area (TPSA) is 18.5 Å². The van der Waals surface area contributed by atoms with Crippen LogP contribution in [0.5, 0.6) is 0 Å². The van der Waals surface area contributed by atoms with Crippen molar-refractivity contribution in [1.82, 2.24) is 15.1 Å². The van der Waals surface area contributed by atoms with Crippen molar-refractivity contribution in [3.63, 3.8) is 0 Å². The molecule has 3 aliphatic rings. The molecule has 0 aromatic carbocycles. The first-order chi connectivity index (χ1) is 9.67. The maximum absolute atomic E-state index is 3.88. The molecule has 1 saturated heterocycles. The van der Waals surface area contributed by atoms with Crippen LogP contribution in [0.15, 0.2) is 0 Å². The lowest BCUT2D eigenvalue weighted by atomic mass is 9.71. The average molecular weight is 279 g/mol. The molecule has 0 bridgehead atoms. The molecule has 2 saturated carbocycles. The summed E-state index contributed by atoms with van der Waals surface area (Å²) < 4.78 is 0. The Morgan fingerprint density at radius 1 is 1.00 bits per heavy atom.